The molecule has 0 saturated carbocycles. The molecule has 2 aromatic carbocycles. The molecule has 0 unspecified atom stereocenters. The average Bonchev–Trinajstić information content (AvgIpc) is 2.66. The molecule has 0 N–H and O–H groups in total. The first-order valence-electron chi connectivity index (χ1n) is 8.99. The molecule has 0 aliphatic carbocycles. The second kappa shape index (κ2) is 8.09. The molecule has 1 aliphatic rings. The Kier molecular flexibility index (Phi) is 5.61. The van der Waals surface area contributed by atoms with Crippen LogP contribution in [0.1, 0.15) is 21.5 Å². The second-order valence-electron chi connectivity index (χ2n) is 6.72. The van der Waals surface area contributed by atoms with Gasteiger partial charge in [-0.15, -0.1) is 0 Å². The standard InChI is InChI=1S/C22H26N2O2/c1-17-4-9-21(18(2)16-17)22(25)10-11-23-12-14-24(15-13-23)19-5-7-20(26-3)8-6-19/h4-11,16H,12-15H2,1-3H3. The van der Waals surface area contributed by atoms with Crippen LogP contribution in [0.5, 0.6) is 5.75 Å². The maximum atomic E-state index is 12.4. The van der Waals surface area contributed by atoms with Crippen molar-refractivity contribution in [3.8, 4) is 5.75 Å². The van der Waals surface area contributed by atoms with E-state index in [9.17, 15) is 4.79 Å². The number of hydrogen-bond donors (Lipinski definition) is 0. The van der Waals surface area contributed by atoms with E-state index in [0.717, 1.165) is 43.1 Å². The van der Waals surface area contributed by atoms with Crippen LogP contribution in [-0.2, 0) is 0 Å². The summed E-state index contributed by atoms with van der Waals surface area (Å²) >= 11 is 0. The lowest BCUT2D eigenvalue weighted by Crippen LogP contribution is -2.44. The van der Waals surface area contributed by atoms with Gasteiger partial charge in [-0.1, -0.05) is 23.8 Å². The molecule has 0 radical (unpaired) electrons. The van der Waals surface area contributed by atoms with Crippen LogP contribution < -0.4 is 9.64 Å². The highest BCUT2D eigenvalue weighted by Crippen LogP contribution is 2.20. The molecule has 0 aromatic heterocycles. The molecule has 0 bridgehead atoms. The molecule has 4 heteroatoms. The Bertz CT molecular complexity index is 788. The lowest BCUT2D eigenvalue weighted by atomic mass is 10.0. The number of carbonyl (C=O) groups is 1. The van der Waals surface area contributed by atoms with Gasteiger partial charge in [-0.3, -0.25) is 4.79 Å². The van der Waals surface area contributed by atoms with Gasteiger partial charge in [-0.05, 0) is 43.7 Å². The van der Waals surface area contributed by atoms with Crippen molar-refractivity contribution in [3.05, 3.63) is 71.4 Å². The minimum absolute atomic E-state index is 0.0695. The van der Waals surface area contributed by atoms with Gasteiger partial charge in [-0.25, -0.2) is 0 Å². The van der Waals surface area contributed by atoms with Crippen molar-refractivity contribution in [2.45, 2.75) is 13.8 Å². The van der Waals surface area contributed by atoms with E-state index in [0.29, 0.717) is 0 Å². The van der Waals surface area contributed by atoms with Gasteiger partial charge in [-0.2, -0.15) is 0 Å². The summed E-state index contributed by atoms with van der Waals surface area (Å²) < 4.78 is 5.21. The number of piperazine rings is 1. The third-order valence-electron chi connectivity index (χ3n) is 4.84. The van der Waals surface area contributed by atoms with Crippen LogP contribution in [0, 0.1) is 13.8 Å². The molecule has 3 rings (SSSR count). The van der Waals surface area contributed by atoms with Crippen LogP contribution in [0.25, 0.3) is 0 Å². The number of aryl methyl sites for hydroxylation is 2. The summed E-state index contributed by atoms with van der Waals surface area (Å²) in [5, 5.41) is 0. The van der Waals surface area contributed by atoms with Gasteiger partial charge in [0, 0.05) is 49.7 Å². The molecule has 1 saturated heterocycles. The molecule has 1 fully saturated rings. The molecular formula is C22H26N2O2. The highest BCUT2D eigenvalue weighted by Gasteiger charge is 2.15. The molecular weight excluding hydrogens is 324 g/mol. The zero-order valence-corrected chi connectivity index (χ0v) is 15.7. The molecule has 26 heavy (non-hydrogen) atoms. The summed E-state index contributed by atoms with van der Waals surface area (Å²) in [4.78, 5) is 17.0. The average molecular weight is 350 g/mol. The van der Waals surface area contributed by atoms with Gasteiger partial charge in [0.25, 0.3) is 0 Å². The largest absolute Gasteiger partial charge is 0.497 e. The molecule has 4 nitrogen and oxygen atoms in total. The van der Waals surface area contributed by atoms with Crippen LogP contribution in [0.15, 0.2) is 54.7 Å². The Balaban J connectivity index is 1.56. The fraction of sp³-hybridized carbons (Fsp3) is 0.318. The van der Waals surface area contributed by atoms with E-state index in [1.807, 2.05) is 44.3 Å². The fourth-order valence-electron chi connectivity index (χ4n) is 3.28. The van der Waals surface area contributed by atoms with E-state index in [-0.39, 0.29) is 5.78 Å². The van der Waals surface area contributed by atoms with Crippen LogP contribution >= 0.6 is 0 Å². The zero-order valence-electron chi connectivity index (χ0n) is 15.7. The predicted octanol–water partition coefficient (Wildman–Crippen LogP) is 3.83. The van der Waals surface area contributed by atoms with Gasteiger partial charge >= 0.3 is 0 Å². The number of nitrogens with zero attached hydrogens (tertiary/aromatic N) is 2. The van der Waals surface area contributed by atoms with Gasteiger partial charge in [0.05, 0.1) is 7.11 Å². The van der Waals surface area contributed by atoms with Gasteiger partial charge in [0.2, 0.25) is 0 Å². The maximum Gasteiger partial charge on any atom is 0.187 e. The van der Waals surface area contributed by atoms with Crippen LogP contribution in [0.3, 0.4) is 0 Å². The van der Waals surface area contributed by atoms with Crippen molar-refractivity contribution in [3.63, 3.8) is 0 Å². The quantitative estimate of drug-likeness (QED) is 0.606. The normalized spacial score (nSPS) is 14.7. The monoisotopic (exact) mass is 350 g/mol. The maximum absolute atomic E-state index is 12.4. The van der Waals surface area contributed by atoms with Crippen molar-refractivity contribution in [2.75, 3.05) is 38.2 Å². The lowest BCUT2D eigenvalue weighted by Gasteiger charge is -2.35. The van der Waals surface area contributed by atoms with E-state index in [2.05, 4.69) is 28.0 Å². The summed E-state index contributed by atoms with van der Waals surface area (Å²) in [6.07, 6.45) is 3.63. The Hall–Kier alpha value is -2.75. The number of hydrogen-bond acceptors (Lipinski definition) is 4. The third kappa shape index (κ3) is 4.26. The summed E-state index contributed by atoms with van der Waals surface area (Å²) in [6.45, 7) is 7.72. The van der Waals surface area contributed by atoms with Gasteiger partial charge in [0.1, 0.15) is 5.75 Å². The topological polar surface area (TPSA) is 32.8 Å². The lowest BCUT2D eigenvalue weighted by molar-refractivity contribution is 0.104. The molecule has 2 aromatic rings. The van der Waals surface area contributed by atoms with Crippen molar-refractivity contribution in [2.24, 2.45) is 0 Å². The smallest absolute Gasteiger partial charge is 0.187 e. The minimum Gasteiger partial charge on any atom is -0.497 e. The number of ketones is 1. The van der Waals surface area contributed by atoms with Crippen molar-refractivity contribution in [1.29, 1.82) is 0 Å². The van der Waals surface area contributed by atoms with Crippen LogP contribution in [-0.4, -0.2) is 44.0 Å². The van der Waals surface area contributed by atoms with E-state index < -0.39 is 0 Å². The number of anilines is 1. The van der Waals surface area contributed by atoms with E-state index in [1.54, 1.807) is 13.2 Å². The zero-order chi connectivity index (χ0) is 18.5. The number of allylic oxidation sites excluding steroid dienone is 1. The van der Waals surface area contributed by atoms with Gasteiger partial charge in [0.15, 0.2) is 5.78 Å². The van der Waals surface area contributed by atoms with Crippen molar-refractivity contribution >= 4 is 11.5 Å². The van der Waals surface area contributed by atoms with E-state index in [1.165, 1.54) is 11.3 Å². The molecule has 0 spiro atoms. The Morgan fingerprint density at radius 1 is 1.00 bits per heavy atom. The van der Waals surface area contributed by atoms with E-state index in [4.69, 9.17) is 4.74 Å². The summed E-state index contributed by atoms with van der Waals surface area (Å²) in [5.41, 5.74) is 4.20. The van der Waals surface area contributed by atoms with Crippen molar-refractivity contribution < 1.29 is 9.53 Å². The molecule has 0 amide bonds. The summed E-state index contributed by atoms with van der Waals surface area (Å²) in [7, 11) is 1.68. The SMILES string of the molecule is COc1ccc(N2CCN(C=CC(=O)c3ccc(C)cc3C)CC2)cc1. The first kappa shape index (κ1) is 18.1. The predicted molar refractivity (Wildman–Crippen MR) is 106 cm³/mol. The Morgan fingerprint density at radius 3 is 2.31 bits per heavy atom. The Morgan fingerprint density at radius 2 is 1.69 bits per heavy atom. The van der Waals surface area contributed by atoms with E-state index >= 15 is 0 Å². The molecule has 136 valence electrons. The first-order chi connectivity index (χ1) is 12.6. The summed E-state index contributed by atoms with van der Waals surface area (Å²) in [5.74, 6) is 0.945. The fourth-order valence-corrected chi connectivity index (χ4v) is 3.28. The van der Waals surface area contributed by atoms with Crippen LogP contribution in [0.2, 0.25) is 0 Å². The number of methoxy groups -OCH3 is 1. The minimum atomic E-state index is 0.0695. The Labute approximate surface area is 155 Å². The molecule has 1 heterocycles. The number of rotatable bonds is 5. The van der Waals surface area contributed by atoms with Crippen molar-refractivity contribution in [1.82, 2.24) is 4.90 Å². The third-order valence-corrected chi connectivity index (χ3v) is 4.84. The second-order valence-corrected chi connectivity index (χ2v) is 6.72. The first-order valence-corrected chi connectivity index (χ1v) is 8.99. The highest BCUT2D eigenvalue weighted by molar-refractivity contribution is 6.05. The number of carbonyl (C=O) groups excluding carboxylic acids is 1. The summed E-state index contributed by atoms with van der Waals surface area (Å²) in [6, 6.07) is 14.1. The number of benzene rings is 2. The van der Waals surface area contributed by atoms with Crippen LogP contribution in [0.4, 0.5) is 5.69 Å². The number of ether oxygens (including phenoxy) is 1. The molecule has 1 aliphatic heterocycles. The highest BCUT2D eigenvalue weighted by atomic mass is 16.5. The molecule has 0 atom stereocenters. The van der Waals surface area contributed by atoms with Gasteiger partial charge < -0.3 is 14.5 Å².